The van der Waals surface area contributed by atoms with E-state index in [1.807, 2.05) is 6.07 Å². The summed E-state index contributed by atoms with van der Waals surface area (Å²) < 4.78 is 20.5. The van der Waals surface area contributed by atoms with Gasteiger partial charge in [0, 0.05) is 11.5 Å². The Morgan fingerprint density at radius 3 is 2.89 bits per heavy atom. The molecule has 1 aromatic carbocycles. The van der Waals surface area contributed by atoms with Gasteiger partial charge < -0.3 is 4.74 Å². The highest BCUT2D eigenvalue weighted by molar-refractivity contribution is 9.10. The van der Waals surface area contributed by atoms with Crippen molar-refractivity contribution in [2.45, 2.75) is 37.5 Å². The van der Waals surface area contributed by atoms with Crippen molar-refractivity contribution in [3.63, 3.8) is 0 Å². The van der Waals surface area contributed by atoms with Crippen LogP contribution in [0.15, 0.2) is 22.7 Å². The van der Waals surface area contributed by atoms with Gasteiger partial charge >= 0.3 is 0 Å². The van der Waals surface area contributed by atoms with Crippen LogP contribution in [0.5, 0.6) is 0 Å². The number of ether oxygens (including phenoxy) is 1. The van der Waals surface area contributed by atoms with Gasteiger partial charge in [-0.05, 0) is 41.3 Å². The number of nitrogens with one attached hydrogen (secondary N) is 1. The molecule has 0 radical (unpaired) electrons. The highest BCUT2D eigenvalue weighted by Crippen LogP contribution is 2.45. The van der Waals surface area contributed by atoms with Crippen LogP contribution >= 0.6 is 15.9 Å². The van der Waals surface area contributed by atoms with Crippen molar-refractivity contribution in [2.24, 2.45) is 11.8 Å². The predicted molar refractivity (Wildman–Crippen MR) is 70.2 cm³/mol. The van der Waals surface area contributed by atoms with Crippen LogP contribution in [0.4, 0.5) is 4.39 Å². The van der Waals surface area contributed by atoms with Crippen molar-refractivity contribution >= 4 is 15.9 Å². The molecule has 2 fully saturated rings. The van der Waals surface area contributed by atoms with Crippen molar-refractivity contribution in [2.75, 3.05) is 0 Å². The van der Waals surface area contributed by atoms with Crippen molar-refractivity contribution in [3.05, 3.63) is 34.1 Å². The molecule has 2 bridgehead atoms. The van der Waals surface area contributed by atoms with Crippen LogP contribution in [0, 0.1) is 11.7 Å². The molecule has 1 aromatic rings. The first-order valence-corrected chi connectivity index (χ1v) is 7.05. The Labute approximate surface area is 114 Å². The zero-order valence-electron chi connectivity index (χ0n) is 9.90. The minimum Gasteiger partial charge on any atom is -0.375 e. The van der Waals surface area contributed by atoms with E-state index in [2.05, 4.69) is 21.4 Å². The number of hydrazine groups is 1. The summed E-state index contributed by atoms with van der Waals surface area (Å²) in [5, 5.41) is 0. The second kappa shape index (κ2) is 4.89. The normalized spacial score (nSPS) is 31.8. The number of benzene rings is 1. The number of fused-ring (bicyclic) bond motifs is 2. The SMILES string of the molecule is NNC(c1cccc(Br)c1F)C1CC2CCC1O2. The highest BCUT2D eigenvalue weighted by Gasteiger charge is 2.45. The van der Waals surface area contributed by atoms with Gasteiger partial charge in [0.25, 0.3) is 0 Å². The van der Waals surface area contributed by atoms with E-state index in [0.717, 1.165) is 19.3 Å². The quantitative estimate of drug-likeness (QED) is 0.666. The Morgan fingerprint density at radius 1 is 1.44 bits per heavy atom. The summed E-state index contributed by atoms with van der Waals surface area (Å²) in [4.78, 5) is 0. The van der Waals surface area contributed by atoms with E-state index in [4.69, 9.17) is 10.6 Å². The van der Waals surface area contributed by atoms with Crippen LogP contribution in [-0.4, -0.2) is 12.2 Å². The summed E-state index contributed by atoms with van der Waals surface area (Å²) in [7, 11) is 0. The fourth-order valence-electron chi connectivity index (χ4n) is 3.23. The molecule has 2 heterocycles. The standard InChI is InChI=1S/C13H16BrFN2O/c14-10-3-1-2-8(12(10)15)13(17-16)9-6-7-4-5-11(9)18-7/h1-3,7,9,11,13,17H,4-6,16H2. The van der Waals surface area contributed by atoms with Gasteiger partial charge in [-0.2, -0.15) is 0 Å². The van der Waals surface area contributed by atoms with Crippen LogP contribution in [0.1, 0.15) is 30.9 Å². The Morgan fingerprint density at radius 2 is 2.28 bits per heavy atom. The second-order valence-electron chi connectivity index (χ2n) is 5.06. The number of hydrogen-bond acceptors (Lipinski definition) is 3. The number of hydrogen-bond donors (Lipinski definition) is 2. The van der Waals surface area contributed by atoms with E-state index in [0.29, 0.717) is 16.1 Å². The first kappa shape index (κ1) is 12.5. The zero-order valence-corrected chi connectivity index (χ0v) is 11.5. The van der Waals surface area contributed by atoms with Crippen LogP contribution < -0.4 is 11.3 Å². The summed E-state index contributed by atoms with van der Waals surface area (Å²) in [6.07, 6.45) is 3.70. The highest BCUT2D eigenvalue weighted by atomic mass is 79.9. The molecule has 0 amide bonds. The van der Waals surface area contributed by atoms with Crippen LogP contribution in [0.2, 0.25) is 0 Å². The summed E-state index contributed by atoms with van der Waals surface area (Å²) in [6, 6.07) is 5.14. The molecule has 3 N–H and O–H groups in total. The molecule has 2 saturated heterocycles. The molecule has 2 aliphatic heterocycles. The molecule has 0 aliphatic carbocycles. The summed E-state index contributed by atoms with van der Waals surface area (Å²) in [5.74, 6) is 5.68. The molecule has 0 spiro atoms. The second-order valence-corrected chi connectivity index (χ2v) is 5.92. The lowest BCUT2D eigenvalue weighted by molar-refractivity contribution is 0.0854. The third-order valence-corrected chi connectivity index (χ3v) is 4.69. The van der Waals surface area contributed by atoms with E-state index in [1.54, 1.807) is 12.1 Å². The molecule has 3 rings (SSSR count). The van der Waals surface area contributed by atoms with E-state index >= 15 is 0 Å². The van der Waals surface area contributed by atoms with E-state index in [1.165, 1.54) is 0 Å². The summed E-state index contributed by atoms with van der Waals surface area (Å²) in [5.41, 5.74) is 3.39. The average Bonchev–Trinajstić information content (AvgIpc) is 2.98. The summed E-state index contributed by atoms with van der Waals surface area (Å²) in [6.45, 7) is 0. The predicted octanol–water partition coefficient (Wildman–Crippen LogP) is 2.66. The topological polar surface area (TPSA) is 47.3 Å². The van der Waals surface area contributed by atoms with Crippen molar-refractivity contribution < 1.29 is 9.13 Å². The Kier molecular flexibility index (Phi) is 3.40. The summed E-state index contributed by atoms with van der Waals surface area (Å²) >= 11 is 3.22. The molecule has 4 unspecified atom stereocenters. The smallest absolute Gasteiger partial charge is 0.142 e. The molecular formula is C13H16BrFN2O. The maximum atomic E-state index is 14.2. The van der Waals surface area contributed by atoms with Gasteiger partial charge in [0.05, 0.1) is 22.7 Å². The lowest BCUT2D eigenvalue weighted by atomic mass is 9.81. The molecule has 18 heavy (non-hydrogen) atoms. The Balaban J connectivity index is 1.90. The first-order valence-electron chi connectivity index (χ1n) is 6.26. The van der Waals surface area contributed by atoms with Gasteiger partial charge in [-0.15, -0.1) is 0 Å². The molecular weight excluding hydrogens is 299 g/mol. The van der Waals surface area contributed by atoms with Gasteiger partial charge in [-0.1, -0.05) is 12.1 Å². The van der Waals surface area contributed by atoms with E-state index in [-0.39, 0.29) is 23.9 Å². The molecule has 98 valence electrons. The molecule has 0 aromatic heterocycles. The van der Waals surface area contributed by atoms with Gasteiger partial charge in [0.2, 0.25) is 0 Å². The lowest BCUT2D eigenvalue weighted by Gasteiger charge is -2.28. The van der Waals surface area contributed by atoms with Gasteiger partial charge in [0.1, 0.15) is 5.82 Å². The van der Waals surface area contributed by atoms with Crippen LogP contribution in [-0.2, 0) is 4.74 Å². The molecule has 3 nitrogen and oxygen atoms in total. The van der Waals surface area contributed by atoms with E-state index in [9.17, 15) is 4.39 Å². The maximum absolute atomic E-state index is 14.2. The van der Waals surface area contributed by atoms with Gasteiger partial charge in [0.15, 0.2) is 0 Å². The lowest BCUT2D eigenvalue weighted by Crippen LogP contribution is -2.38. The van der Waals surface area contributed by atoms with Crippen LogP contribution in [0.3, 0.4) is 0 Å². The minimum absolute atomic E-state index is 0.183. The molecule has 0 saturated carbocycles. The molecule has 5 heteroatoms. The third kappa shape index (κ3) is 1.99. The van der Waals surface area contributed by atoms with Gasteiger partial charge in [-0.3, -0.25) is 11.3 Å². The fourth-order valence-corrected chi connectivity index (χ4v) is 3.61. The fraction of sp³-hybridized carbons (Fsp3) is 0.538. The average molecular weight is 315 g/mol. The van der Waals surface area contributed by atoms with E-state index < -0.39 is 0 Å². The minimum atomic E-state index is -0.233. The van der Waals surface area contributed by atoms with Crippen molar-refractivity contribution in [3.8, 4) is 0 Å². The zero-order chi connectivity index (χ0) is 12.7. The first-order chi connectivity index (χ1) is 8.70. The number of halogens is 2. The van der Waals surface area contributed by atoms with Crippen LogP contribution in [0.25, 0.3) is 0 Å². The monoisotopic (exact) mass is 314 g/mol. The van der Waals surface area contributed by atoms with Gasteiger partial charge in [-0.25, -0.2) is 4.39 Å². The number of rotatable bonds is 3. The number of nitrogens with two attached hydrogens (primary N) is 1. The molecule has 2 aliphatic rings. The Hall–Kier alpha value is -0.490. The largest absolute Gasteiger partial charge is 0.375 e. The molecule has 4 atom stereocenters. The van der Waals surface area contributed by atoms with Crippen molar-refractivity contribution in [1.29, 1.82) is 0 Å². The maximum Gasteiger partial charge on any atom is 0.142 e. The Bertz CT molecular complexity index is 457. The van der Waals surface area contributed by atoms with Crippen molar-refractivity contribution in [1.82, 2.24) is 5.43 Å². The third-order valence-electron chi connectivity index (χ3n) is 4.08.